The first kappa shape index (κ1) is 9.44. The number of hydrogen-bond donors (Lipinski definition) is 1. The summed E-state index contributed by atoms with van der Waals surface area (Å²) < 4.78 is 11.1. The van der Waals surface area contributed by atoms with Crippen molar-refractivity contribution in [3.8, 4) is 0 Å². The van der Waals surface area contributed by atoms with Crippen molar-refractivity contribution in [1.82, 2.24) is 5.32 Å². The Balaban J connectivity index is 2.06. The highest BCUT2D eigenvalue weighted by molar-refractivity contribution is 4.95. The minimum atomic E-state index is 0.269. The van der Waals surface area contributed by atoms with E-state index in [1.54, 1.807) is 7.11 Å². The van der Waals surface area contributed by atoms with Crippen LogP contribution in [0.2, 0.25) is 0 Å². The predicted octanol–water partition coefficient (Wildman–Crippen LogP) is 0.792. The van der Waals surface area contributed by atoms with Crippen LogP contribution in [0.15, 0.2) is 0 Å². The molecule has 2 saturated heterocycles. The summed E-state index contributed by atoms with van der Waals surface area (Å²) in [5, 5.41) is 3.45. The number of hydrogen-bond acceptors (Lipinski definition) is 3. The van der Waals surface area contributed by atoms with Crippen LogP contribution >= 0.6 is 0 Å². The molecule has 2 atom stereocenters. The first-order chi connectivity index (χ1) is 6.37. The zero-order valence-electron chi connectivity index (χ0n) is 8.34. The van der Waals surface area contributed by atoms with Crippen LogP contribution < -0.4 is 5.32 Å². The lowest BCUT2D eigenvalue weighted by Gasteiger charge is -2.46. The van der Waals surface area contributed by atoms with Crippen molar-refractivity contribution in [2.75, 3.05) is 33.4 Å². The maximum absolute atomic E-state index is 5.82. The van der Waals surface area contributed by atoms with Crippen molar-refractivity contribution >= 4 is 0 Å². The smallest absolute Gasteiger partial charge is 0.0677 e. The highest BCUT2D eigenvalue weighted by atomic mass is 16.5. The molecule has 0 aromatic rings. The van der Waals surface area contributed by atoms with Gasteiger partial charge < -0.3 is 14.8 Å². The molecule has 2 aliphatic heterocycles. The molecule has 2 aliphatic rings. The number of methoxy groups -OCH3 is 1. The van der Waals surface area contributed by atoms with E-state index < -0.39 is 0 Å². The summed E-state index contributed by atoms with van der Waals surface area (Å²) in [7, 11) is 1.79. The SMILES string of the molecule is COC[C@]12CCCO[C@H]1CCNC2. The molecule has 0 radical (unpaired) electrons. The summed E-state index contributed by atoms with van der Waals surface area (Å²) >= 11 is 0. The maximum Gasteiger partial charge on any atom is 0.0677 e. The Labute approximate surface area is 79.8 Å². The van der Waals surface area contributed by atoms with Gasteiger partial charge in [-0.05, 0) is 25.8 Å². The van der Waals surface area contributed by atoms with Crippen LogP contribution in [0.4, 0.5) is 0 Å². The van der Waals surface area contributed by atoms with Crippen molar-refractivity contribution < 1.29 is 9.47 Å². The second-order valence-corrected chi connectivity index (χ2v) is 4.22. The molecule has 0 amide bonds. The van der Waals surface area contributed by atoms with Gasteiger partial charge in [-0.15, -0.1) is 0 Å². The fourth-order valence-electron chi connectivity index (χ4n) is 2.65. The molecule has 3 heteroatoms. The van der Waals surface area contributed by atoms with Crippen molar-refractivity contribution in [3.63, 3.8) is 0 Å². The van der Waals surface area contributed by atoms with E-state index in [-0.39, 0.29) is 5.41 Å². The highest BCUT2D eigenvalue weighted by Gasteiger charge is 2.43. The van der Waals surface area contributed by atoms with Crippen LogP contribution in [-0.2, 0) is 9.47 Å². The molecule has 76 valence electrons. The monoisotopic (exact) mass is 185 g/mol. The molecular formula is C10H19NO2. The number of fused-ring (bicyclic) bond motifs is 1. The van der Waals surface area contributed by atoms with Gasteiger partial charge >= 0.3 is 0 Å². The van der Waals surface area contributed by atoms with Gasteiger partial charge in [-0.1, -0.05) is 0 Å². The highest BCUT2D eigenvalue weighted by Crippen LogP contribution is 2.37. The summed E-state index contributed by atoms with van der Waals surface area (Å²) in [6.45, 7) is 3.93. The lowest BCUT2D eigenvalue weighted by molar-refractivity contribution is -0.124. The van der Waals surface area contributed by atoms with E-state index in [9.17, 15) is 0 Å². The Hall–Kier alpha value is -0.120. The van der Waals surface area contributed by atoms with E-state index >= 15 is 0 Å². The Kier molecular flexibility index (Phi) is 2.86. The van der Waals surface area contributed by atoms with Gasteiger partial charge in [0.05, 0.1) is 12.7 Å². The van der Waals surface area contributed by atoms with Crippen LogP contribution in [-0.4, -0.2) is 39.5 Å². The van der Waals surface area contributed by atoms with Crippen molar-refractivity contribution in [2.24, 2.45) is 5.41 Å². The van der Waals surface area contributed by atoms with Gasteiger partial charge in [0, 0.05) is 25.7 Å². The summed E-state index contributed by atoms with van der Waals surface area (Å²) in [6.07, 6.45) is 4.01. The average molecular weight is 185 g/mol. The largest absolute Gasteiger partial charge is 0.384 e. The summed E-state index contributed by atoms with van der Waals surface area (Å²) in [5.74, 6) is 0. The Morgan fingerprint density at radius 2 is 2.54 bits per heavy atom. The maximum atomic E-state index is 5.82. The zero-order valence-corrected chi connectivity index (χ0v) is 8.34. The van der Waals surface area contributed by atoms with E-state index in [0.717, 1.165) is 32.7 Å². The summed E-state index contributed by atoms with van der Waals surface area (Å²) in [6, 6.07) is 0. The fraction of sp³-hybridized carbons (Fsp3) is 1.00. The fourth-order valence-corrected chi connectivity index (χ4v) is 2.65. The Morgan fingerprint density at radius 1 is 1.62 bits per heavy atom. The molecule has 3 nitrogen and oxygen atoms in total. The first-order valence-corrected chi connectivity index (χ1v) is 5.19. The minimum absolute atomic E-state index is 0.269. The summed E-state index contributed by atoms with van der Waals surface area (Å²) in [5.41, 5.74) is 0.269. The van der Waals surface area contributed by atoms with Crippen LogP contribution in [0.25, 0.3) is 0 Å². The molecule has 0 aliphatic carbocycles. The Morgan fingerprint density at radius 3 is 3.38 bits per heavy atom. The van der Waals surface area contributed by atoms with Gasteiger partial charge in [-0.3, -0.25) is 0 Å². The topological polar surface area (TPSA) is 30.5 Å². The third-order valence-corrected chi connectivity index (χ3v) is 3.31. The standard InChI is InChI=1S/C10H19NO2/c1-12-8-10-4-2-6-13-9(10)3-5-11-7-10/h9,11H,2-8H2,1H3/t9-,10+/m0/s1. The van der Waals surface area contributed by atoms with Crippen molar-refractivity contribution in [3.05, 3.63) is 0 Å². The van der Waals surface area contributed by atoms with Gasteiger partial charge in [0.15, 0.2) is 0 Å². The normalized spacial score (nSPS) is 39.9. The average Bonchev–Trinajstić information content (AvgIpc) is 2.18. The number of ether oxygens (including phenoxy) is 2. The molecular weight excluding hydrogens is 166 g/mol. The molecule has 2 fully saturated rings. The van der Waals surface area contributed by atoms with E-state index in [2.05, 4.69) is 5.32 Å². The number of piperidine rings is 1. The van der Waals surface area contributed by atoms with Crippen LogP contribution in [0, 0.1) is 5.41 Å². The second kappa shape index (κ2) is 3.95. The Bertz CT molecular complexity index is 155. The van der Waals surface area contributed by atoms with Gasteiger partial charge in [-0.25, -0.2) is 0 Å². The van der Waals surface area contributed by atoms with Crippen LogP contribution in [0.5, 0.6) is 0 Å². The molecule has 0 aromatic carbocycles. The molecule has 2 rings (SSSR count). The van der Waals surface area contributed by atoms with E-state index in [0.29, 0.717) is 6.10 Å². The quantitative estimate of drug-likeness (QED) is 0.690. The van der Waals surface area contributed by atoms with Crippen LogP contribution in [0.3, 0.4) is 0 Å². The molecule has 0 unspecified atom stereocenters. The van der Waals surface area contributed by atoms with Gasteiger partial charge in [0.2, 0.25) is 0 Å². The van der Waals surface area contributed by atoms with E-state index in [1.807, 2.05) is 0 Å². The van der Waals surface area contributed by atoms with Crippen molar-refractivity contribution in [1.29, 1.82) is 0 Å². The van der Waals surface area contributed by atoms with Crippen LogP contribution in [0.1, 0.15) is 19.3 Å². The molecule has 0 bridgehead atoms. The molecule has 13 heavy (non-hydrogen) atoms. The van der Waals surface area contributed by atoms with E-state index in [4.69, 9.17) is 9.47 Å². The lowest BCUT2D eigenvalue weighted by atomic mass is 9.74. The molecule has 2 heterocycles. The molecule has 0 spiro atoms. The predicted molar refractivity (Wildman–Crippen MR) is 50.8 cm³/mol. The minimum Gasteiger partial charge on any atom is -0.384 e. The second-order valence-electron chi connectivity index (χ2n) is 4.22. The number of nitrogens with one attached hydrogen (secondary N) is 1. The molecule has 0 aromatic heterocycles. The third kappa shape index (κ3) is 1.73. The number of rotatable bonds is 2. The molecule has 0 saturated carbocycles. The zero-order chi connectivity index (χ0) is 9.15. The van der Waals surface area contributed by atoms with Gasteiger partial charge in [0.1, 0.15) is 0 Å². The van der Waals surface area contributed by atoms with Gasteiger partial charge in [0.25, 0.3) is 0 Å². The van der Waals surface area contributed by atoms with Crippen molar-refractivity contribution in [2.45, 2.75) is 25.4 Å². The first-order valence-electron chi connectivity index (χ1n) is 5.19. The van der Waals surface area contributed by atoms with Gasteiger partial charge in [-0.2, -0.15) is 0 Å². The third-order valence-electron chi connectivity index (χ3n) is 3.31. The van der Waals surface area contributed by atoms with E-state index in [1.165, 1.54) is 12.8 Å². The molecule has 1 N–H and O–H groups in total. The lowest BCUT2D eigenvalue weighted by Crippen LogP contribution is -2.55. The summed E-state index contributed by atoms with van der Waals surface area (Å²) in [4.78, 5) is 0.